The molecule has 1 aliphatic carbocycles. The first-order valence-electron chi connectivity index (χ1n) is 5.52. The molecule has 0 atom stereocenters. The Morgan fingerprint density at radius 2 is 1.85 bits per heavy atom. The van der Waals surface area contributed by atoms with E-state index in [1.165, 1.54) is 32.4 Å². The first-order chi connectivity index (χ1) is 6.02. The predicted molar refractivity (Wildman–Crippen MR) is 55.9 cm³/mol. The van der Waals surface area contributed by atoms with E-state index in [-0.39, 0.29) is 0 Å². The van der Waals surface area contributed by atoms with Crippen LogP contribution in [0.4, 0.5) is 0 Å². The van der Waals surface area contributed by atoms with Gasteiger partial charge in [0.15, 0.2) is 0 Å². The molecular weight excluding hydrogens is 160 g/mol. The molecule has 1 heterocycles. The fraction of sp³-hybridized carbons (Fsp3) is 1.00. The summed E-state index contributed by atoms with van der Waals surface area (Å²) < 4.78 is 0. The molecule has 2 fully saturated rings. The third-order valence-electron chi connectivity index (χ3n) is 3.77. The molecular formula is C11H22N2. The number of hydrogen-bond acceptors (Lipinski definition) is 2. The van der Waals surface area contributed by atoms with E-state index in [0.29, 0.717) is 11.1 Å². The van der Waals surface area contributed by atoms with E-state index in [4.69, 9.17) is 0 Å². The van der Waals surface area contributed by atoms with Gasteiger partial charge >= 0.3 is 0 Å². The van der Waals surface area contributed by atoms with Gasteiger partial charge in [0.25, 0.3) is 0 Å². The Kier molecular flexibility index (Phi) is 2.16. The van der Waals surface area contributed by atoms with E-state index in [2.05, 4.69) is 31.0 Å². The van der Waals surface area contributed by atoms with Crippen molar-refractivity contribution in [2.24, 2.45) is 0 Å². The molecule has 76 valence electrons. The van der Waals surface area contributed by atoms with Crippen LogP contribution in [-0.2, 0) is 0 Å². The molecule has 0 unspecified atom stereocenters. The number of rotatable bonds is 1. The Balaban J connectivity index is 2.00. The lowest BCUT2D eigenvalue weighted by atomic mass is 9.76. The van der Waals surface area contributed by atoms with Gasteiger partial charge in [0, 0.05) is 30.7 Å². The highest BCUT2D eigenvalue weighted by atomic mass is 15.3. The van der Waals surface area contributed by atoms with E-state index in [1.807, 2.05) is 0 Å². The fourth-order valence-electron chi connectivity index (χ4n) is 2.61. The summed E-state index contributed by atoms with van der Waals surface area (Å²) in [4.78, 5) is 2.69. The van der Waals surface area contributed by atoms with Gasteiger partial charge in [0.1, 0.15) is 0 Å². The van der Waals surface area contributed by atoms with Gasteiger partial charge in [0.2, 0.25) is 0 Å². The van der Waals surface area contributed by atoms with Crippen molar-refractivity contribution in [3.8, 4) is 0 Å². The minimum Gasteiger partial charge on any atom is -0.309 e. The zero-order valence-electron chi connectivity index (χ0n) is 9.19. The lowest BCUT2D eigenvalue weighted by Crippen LogP contribution is -2.64. The molecule has 0 spiro atoms. The van der Waals surface area contributed by atoms with Crippen molar-refractivity contribution in [2.75, 3.05) is 19.6 Å². The van der Waals surface area contributed by atoms with Gasteiger partial charge in [-0.1, -0.05) is 0 Å². The van der Waals surface area contributed by atoms with Crippen LogP contribution in [0.1, 0.15) is 40.0 Å². The Hall–Kier alpha value is -0.0800. The second-order valence-electron chi connectivity index (χ2n) is 5.58. The zero-order chi connectivity index (χ0) is 9.53. The highest BCUT2D eigenvalue weighted by Crippen LogP contribution is 2.38. The van der Waals surface area contributed by atoms with Crippen molar-refractivity contribution in [1.82, 2.24) is 10.2 Å². The highest BCUT2D eigenvalue weighted by molar-refractivity contribution is 4.99. The van der Waals surface area contributed by atoms with Crippen LogP contribution in [0.3, 0.4) is 0 Å². The molecule has 0 amide bonds. The smallest absolute Gasteiger partial charge is 0.0252 e. The van der Waals surface area contributed by atoms with E-state index in [9.17, 15) is 0 Å². The Bertz CT molecular complexity index is 194. The molecule has 0 bridgehead atoms. The van der Waals surface area contributed by atoms with Crippen molar-refractivity contribution in [1.29, 1.82) is 0 Å². The summed E-state index contributed by atoms with van der Waals surface area (Å²) in [5.74, 6) is 0. The summed E-state index contributed by atoms with van der Waals surface area (Å²) in [5, 5.41) is 3.57. The van der Waals surface area contributed by atoms with Gasteiger partial charge in [-0.25, -0.2) is 0 Å². The molecule has 2 heteroatoms. The molecule has 1 aliphatic heterocycles. The number of nitrogens with zero attached hydrogens (tertiary/aromatic N) is 1. The van der Waals surface area contributed by atoms with E-state index >= 15 is 0 Å². The van der Waals surface area contributed by atoms with Crippen LogP contribution in [0.25, 0.3) is 0 Å². The molecule has 1 saturated heterocycles. The van der Waals surface area contributed by atoms with Gasteiger partial charge in [0.05, 0.1) is 0 Å². The Morgan fingerprint density at radius 3 is 2.31 bits per heavy atom. The van der Waals surface area contributed by atoms with E-state index in [1.54, 1.807) is 0 Å². The topological polar surface area (TPSA) is 15.3 Å². The summed E-state index contributed by atoms with van der Waals surface area (Å²) in [6.45, 7) is 10.6. The lowest BCUT2D eigenvalue weighted by molar-refractivity contribution is -0.00497. The van der Waals surface area contributed by atoms with Crippen molar-refractivity contribution in [3.63, 3.8) is 0 Å². The number of hydrogen-bond donors (Lipinski definition) is 1. The minimum atomic E-state index is 0.316. The quantitative estimate of drug-likeness (QED) is 0.663. The number of nitrogens with one attached hydrogen (secondary N) is 1. The van der Waals surface area contributed by atoms with Gasteiger partial charge in [-0.05, 0) is 40.0 Å². The average Bonchev–Trinajstić information content (AvgIpc) is 1.98. The van der Waals surface area contributed by atoms with Crippen molar-refractivity contribution in [2.45, 2.75) is 51.1 Å². The van der Waals surface area contributed by atoms with Crippen LogP contribution in [-0.4, -0.2) is 35.6 Å². The third kappa shape index (κ3) is 1.75. The van der Waals surface area contributed by atoms with Crippen LogP contribution < -0.4 is 5.32 Å². The van der Waals surface area contributed by atoms with Crippen molar-refractivity contribution in [3.05, 3.63) is 0 Å². The normalized spacial score (nSPS) is 32.5. The summed E-state index contributed by atoms with van der Waals surface area (Å²) in [5.41, 5.74) is 0.857. The van der Waals surface area contributed by atoms with Gasteiger partial charge < -0.3 is 5.32 Å². The maximum absolute atomic E-state index is 3.57. The fourth-order valence-corrected chi connectivity index (χ4v) is 2.61. The molecule has 0 radical (unpaired) electrons. The summed E-state index contributed by atoms with van der Waals surface area (Å²) in [7, 11) is 0. The van der Waals surface area contributed by atoms with Crippen molar-refractivity contribution >= 4 is 0 Å². The summed E-state index contributed by atoms with van der Waals surface area (Å²) in [6, 6.07) is 0. The molecule has 1 saturated carbocycles. The summed E-state index contributed by atoms with van der Waals surface area (Å²) in [6.07, 6.45) is 4.24. The predicted octanol–water partition coefficient (Wildman–Crippen LogP) is 1.61. The van der Waals surface area contributed by atoms with Crippen LogP contribution in [0.15, 0.2) is 0 Å². The second kappa shape index (κ2) is 2.96. The molecule has 13 heavy (non-hydrogen) atoms. The minimum absolute atomic E-state index is 0.316. The van der Waals surface area contributed by atoms with Crippen LogP contribution >= 0.6 is 0 Å². The first kappa shape index (κ1) is 9.47. The van der Waals surface area contributed by atoms with E-state index < -0.39 is 0 Å². The third-order valence-corrected chi connectivity index (χ3v) is 3.77. The second-order valence-corrected chi connectivity index (χ2v) is 5.58. The molecule has 0 aromatic rings. The molecule has 0 aromatic carbocycles. The van der Waals surface area contributed by atoms with Crippen molar-refractivity contribution < 1.29 is 0 Å². The van der Waals surface area contributed by atoms with Crippen LogP contribution in [0, 0.1) is 0 Å². The maximum Gasteiger partial charge on any atom is 0.0252 e. The van der Waals surface area contributed by atoms with Crippen LogP contribution in [0.2, 0.25) is 0 Å². The first-order valence-corrected chi connectivity index (χ1v) is 5.52. The van der Waals surface area contributed by atoms with Gasteiger partial charge in [-0.3, -0.25) is 4.90 Å². The zero-order valence-corrected chi connectivity index (χ0v) is 9.19. The SMILES string of the molecule is CC1(C)CN(C2(C)CCC2)CCN1. The molecule has 1 N–H and O–H groups in total. The molecule has 2 aliphatic rings. The molecule has 0 aromatic heterocycles. The lowest BCUT2D eigenvalue weighted by Gasteiger charge is -2.53. The summed E-state index contributed by atoms with van der Waals surface area (Å²) >= 11 is 0. The van der Waals surface area contributed by atoms with Gasteiger partial charge in [-0.2, -0.15) is 0 Å². The molecule has 2 rings (SSSR count). The van der Waals surface area contributed by atoms with Gasteiger partial charge in [-0.15, -0.1) is 0 Å². The maximum atomic E-state index is 3.57. The van der Waals surface area contributed by atoms with Crippen LogP contribution in [0.5, 0.6) is 0 Å². The Morgan fingerprint density at radius 1 is 1.15 bits per heavy atom. The average molecular weight is 182 g/mol. The number of piperazine rings is 1. The Labute approximate surface area is 81.7 Å². The molecule has 2 nitrogen and oxygen atoms in total. The monoisotopic (exact) mass is 182 g/mol. The van der Waals surface area contributed by atoms with E-state index in [0.717, 1.165) is 6.54 Å². The highest BCUT2D eigenvalue weighted by Gasteiger charge is 2.41. The standard InChI is InChI=1S/C11H22N2/c1-10(2)9-13(8-7-12-10)11(3)5-4-6-11/h12H,4-9H2,1-3H3. The largest absolute Gasteiger partial charge is 0.309 e.